The minimum absolute atomic E-state index is 1.07. The molecule has 0 spiro atoms. The number of hydrogen-bond acceptors (Lipinski definition) is 1. The minimum Gasteiger partial charge on any atom is -0.453 e. The zero-order valence-electron chi connectivity index (χ0n) is 8.04. The molecule has 1 aromatic rings. The lowest BCUT2D eigenvalue weighted by molar-refractivity contribution is -0.409. The van der Waals surface area contributed by atoms with Gasteiger partial charge in [-0.1, -0.05) is 22.0 Å². The molecule has 3 heteroatoms. The summed E-state index contributed by atoms with van der Waals surface area (Å²) in [4.78, 5) is 0. The quantitative estimate of drug-likeness (QED) is 0.442. The normalized spacial score (nSPS) is 11.5. The Kier molecular flexibility index (Phi) is 3.48. The topological polar surface area (TPSA) is 12.2 Å². The van der Waals surface area contributed by atoms with Crippen molar-refractivity contribution in [3.8, 4) is 0 Å². The van der Waals surface area contributed by atoms with E-state index in [0.717, 1.165) is 10.2 Å². The van der Waals surface area contributed by atoms with Crippen LogP contribution in [0, 0.1) is 6.92 Å². The van der Waals surface area contributed by atoms with Crippen molar-refractivity contribution in [2.45, 2.75) is 6.92 Å². The first-order valence-corrected chi connectivity index (χ1v) is 4.79. The lowest BCUT2D eigenvalue weighted by Crippen LogP contribution is -2.02. The molecule has 0 saturated heterocycles. The number of ether oxygens (including phenoxy) is 1. The van der Waals surface area contributed by atoms with Crippen LogP contribution in [0.5, 0.6) is 0 Å². The third-order valence-electron chi connectivity index (χ3n) is 1.81. The van der Waals surface area contributed by atoms with E-state index >= 15 is 0 Å². The first kappa shape index (κ1) is 10.3. The molecule has 0 aliphatic carbocycles. The number of rotatable bonds is 2. The van der Waals surface area contributed by atoms with Crippen molar-refractivity contribution in [2.75, 3.05) is 14.2 Å². The summed E-state index contributed by atoms with van der Waals surface area (Å²) in [6, 6.07) is 6.16. The van der Waals surface area contributed by atoms with E-state index in [2.05, 4.69) is 35.0 Å². The summed E-state index contributed by atoms with van der Waals surface area (Å²) < 4.78 is 7.96. The standard InChI is InChI=1S/C10H13BrNO/c1-8-4-5-9(11)6-10(8)12(2)7-13-3/h4-7H,1-3H3/q+1. The second kappa shape index (κ2) is 4.42. The molecule has 0 fully saturated rings. The van der Waals surface area contributed by atoms with Crippen LogP contribution in [0.1, 0.15) is 5.56 Å². The number of hydrogen-bond donors (Lipinski definition) is 0. The smallest absolute Gasteiger partial charge is 0.329 e. The van der Waals surface area contributed by atoms with Crippen LogP contribution in [-0.4, -0.2) is 25.1 Å². The summed E-state index contributed by atoms with van der Waals surface area (Å²) in [6.45, 7) is 2.07. The second-order valence-corrected chi connectivity index (χ2v) is 3.80. The first-order chi connectivity index (χ1) is 6.15. The monoisotopic (exact) mass is 242 g/mol. The van der Waals surface area contributed by atoms with Crippen molar-refractivity contribution in [1.82, 2.24) is 0 Å². The van der Waals surface area contributed by atoms with Gasteiger partial charge in [-0.3, -0.25) is 0 Å². The summed E-state index contributed by atoms with van der Waals surface area (Å²) in [7, 11) is 3.60. The highest BCUT2D eigenvalue weighted by molar-refractivity contribution is 9.10. The van der Waals surface area contributed by atoms with Crippen LogP contribution in [0.2, 0.25) is 0 Å². The second-order valence-electron chi connectivity index (χ2n) is 2.88. The van der Waals surface area contributed by atoms with Gasteiger partial charge in [0.2, 0.25) is 5.69 Å². The van der Waals surface area contributed by atoms with Gasteiger partial charge >= 0.3 is 6.40 Å². The molecule has 2 nitrogen and oxygen atoms in total. The number of aryl methyl sites for hydroxylation is 1. The molecular formula is C10H13BrNO+. The molecule has 0 radical (unpaired) electrons. The summed E-state index contributed by atoms with van der Waals surface area (Å²) in [6.07, 6.45) is 1.68. The van der Waals surface area contributed by atoms with E-state index in [-0.39, 0.29) is 0 Å². The zero-order valence-corrected chi connectivity index (χ0v) is 9.63. The molecular weight excluding hydrogens is 230 g/mol. The average molecular weight is 243 g/mol. The molecule has 0 aliphatic heterocycles. The summed E-state index contributed by atoms with van der Waals surface area (Å²) >= 11 is 3.43. The molecule has 0 aliphatic rings. The average Bonchev–Trinajstić information content (AvgIpc) is 2.09. The first-order valence-electron chi connectivity index (χ1n) is 4.00. The predicted octanol–water partition coefficient (Wildman–Crippen LogP) is 2.71. The van der Waals surface area contributed by atoms with Gasteiger partial charge in [-0.25, -0.2) is 0 Å². The molecule has 0 heterocycles. The maximum Gasteiger partial charge on any atom is 0.329 e. The van der Waals surface area contributed by atoms with E-state index in [4.69, 9.17) is 4.74 Å². The molecule has 1 rings (SSSR count). The zero-order chi connectivity index (χ0) is 9.84. The predicted molar refractivity (Wildman–Crippen MR) is 57.8 cm³/mol. The lowest BCUT2D eigenvalue weighted by Gasteiger charge is -2.00. The van der Waals surface area contributed by atoms with E-state index in [0.29, 0.717) is 0 Å². The molecule has 70 valence electrons. The van der Waals surface area contributed by atoms with E-state index < -0.39 is 0 Å². The van der Waals surface area contributed by atoms with Gasteiger partial charge < -0.3 is 4.74 Å². The Balaban J connectivity index is 3.13. The maximum absolute atomic E-state index is 4.94. The van der Waals surface area contributed by atoms with E-state index in [1.54, 1.807) is 13.5 Å². The van der Waals surface area contributed by atoms with Gasteiger partial charge in [-0.2, -0.15) is 4.58 Å². The van der Waals surface area contributed by atoms with E-state index in [1.807, 2.05) is 17.7 Å². The molecule has 0 unspecified atom stereocenters. The summed E-state index contributed by atoms with van der Waals surface area (Å²) in [5.41, 5.74) is 2.36. The SMILES string of the molecule is COC=[N+](C)c1cc(Br)ccc1C. The Morgan fingerprint density at radius 1 is 1.46 bits per heavy atom. The van der Waals surface area contributed by atoms with Gasteiger partial charge in [0.05, 0.1) is 7.11 Å². The Labute approximate surface area is 87.0 Å². The maximum atomic E-state index is 4.94. The highest BCUT2D eigenvalue weighted by Gasteiger charge is 2.07. The number of nitrogens with zero attached hydrogens (tertiary/aromatic N) is 1. The Morgan fingerprint density at radius 3 is 2.77 bits per heavy atom. The van der Waals surface area contributed by atoms with Crippen molar-refractivity contribution >= 4 is 28.0 Å². The van der Waals surface area contributed by atoms with Crippen LogP contribution in [0.3, 0.4) is 0 Å². The van der Waals surface area contributed by atoms with Crippen LogP contribution in [0.15, 0.2) is 22.7 Å². The van der Waals surface area contributed by atoms with Gasteiger partial charge in [0.1, 0.15) is 7.05 Å². The fourth-order valence-corrected chi connectivity index (χ4v) is 1.53. The Bertz CT molecular complexity index is 334. The number of halogens is 1. The fourth-order valence-electron chi connectivity index (χ4n) is 1.18. The molecule has 1 aromatic carbocycles. The van der Waals surface area contributed by atoms with Gasteiger partial charge in [0.15, 0.2) is 0 Å². The van der Waals surface area contributed by atoms with Crippen LogP contribution >= 0.6 is 15.9 Å². The van der Waals surface area contributed by atoms with Gasteiger partial charge in [0.25, 0.3) is 0 Å². The van der Waals surface area contributed by atoms with E-state index in [9.17, 15) is 0 Å². The molecule has 0 saturated carbocycles. The van der Waals surface area contributed by atoms with Crippen LogP contribution < -0.4 is 0 Å². The minimum atomic E-state index is 1.07. The summed E-state index contributed by atoms with van der Waals surface area (Å²) in [5.74, 6) is 0. The highest BCUT2D eigenvalue weighted by Crippen LogP contribution is 2.21. The third-order valence-corrected chi connectivity index (χ3v) is 2.31. The van der Waals surface area contributed by atoms with Crippen LogP contribution in [0.4, 0.5) is 5.69 Å². The molecule has 0 aromatic heterocycles. The van der Waals surface area contributed by atoms with Crippen molar-refractivity contribution < 1.29 is 9.31 Å². The number of benzene rings is 1. The van der Waals surface area contributed by atoms with Crippen molar-refractivity contribution in [2.24, 2.45) is 0 Å². The van der Waals surface area contributed by atoms with Crippen molar-refractivity contribution in [3.05, 3.63) is 28.2 Å². The van der Waals surface area contributed by atoms with E-state index in [1.165, 1.54) is 5.56 Å². The molecule has 0 atom stereocenters. The Morgan fingerprint density at radius 2 is 2.15 bits per heavy atom. The number of methoxy groups -OCH3 is 1. The van der Waals surface area contributed by atoms with Crippen LogP contribution in [-0.2, 0) is 4.74 Å². The van der Waals surface area contributed by atoms with Crippen LogP contribution in [0.25, 0.3) is 0 Å². The van der Waals surface area contributed by atoms with Gasteiger partial charge in [-0.15, -0.1) is 0 Å². The van der Waals surface area contributed by atoms with Crippen molar-refractivity contribution in [3.63, 3.8) is 0 Å². The van der Waals surface area contributed by atoms with Crippen molar-refractivity contribution in [1.29, 1.82) is 0 Å². The third kappa shape index (κ3) is 2.56. The highest BCUT2D eigenvalue weighted by atomic mass is 79.9. The van der Waals surface area contributed by atoms with Gasteiger partial charge in [0, 0.05) is 16.1 Å². The molecule has 0 bridgehead atoms. The molecule has 13 heavy (non-hydrogen) atoms. The Hall–Kier alpha value is -0.830. The largest absolute Gasteiger partial charge is 0.453 e. The van der Waals surface area contributed by atoms with Gasteiger partial charge in [-0.05, 0) is 13.0 Å². The lowest BCUT2D eigenvalue weighted by atomic mass is 10.2. The fraction of sp³-hybridized carbons (Fsp3) is 0.300. The summed E-state index contributed by atoms with van der Waals surface area (Å²) in [5, 5.41) is 0. The molecule has 0 amide bonds. The molecule has 0 N–H and O–H groups in total.